The van der Waals surface area contributed by atoms with Gasteiger partial charge in [-0.25, -0.2) is 0 Å². The van der Waals surface area contributed by atoms with E-state index >= 15 is 0 Å². The fraction of sp³-hybridized carbons (Fsp3) is 0.333. The molecule has 1 N–H and O–H groups in total. The van der Waals surface area contributed by atoms with Crippen LogP contribution in [0.25, 0.3) is 0 Å². The number of ether oxygens (including phenoxy) is 1. The first-order valence-electron chi connectivity index (χ1n) is 7.46. The Hall–Kier alpha value is -1.51. The standard InChI is InChI=1S/C18H20ClNO/c1-13(16-4-2-3-5-17(16)19)20-10-8-14-6-7-18-15(12-14)9-11-21-18/h2-7,12-13,20H,8-11H2,1H3/t13-/m0/s1. The SMILES string of the molecule is C[C@H](NCCc1ccc2c(c1)CCO2)c1ccccc1Cl. The van der Waals surface area contributed by atoms with Crippen molar-refractivity contribution < 1.29 is 4.74 Å². The molecule has 0 spiro atoms. The Balaban J connectivity index is 1.55. The molecular formula is C18H20ClNO. The highest BCUT2D eigenvalue weighted by Crippen LogP contribution is 2.26. The van der Waals surface area contributed by atoms with Crippen LogP contribution in [0.4, 0.5) is 0 Å². The van der Waals surface area contributed by atoms with Crippen molar-refractivity contribution in [2.45, 2.75) is 25.8 Å². The van der Waals surface area contributed by atoms with Crippen LogP contribution in [0.1, 0.15) is 29.7 Å². The molecule has 3 heteroatoms. The zero-order valence-corrected chi connectivity index (χ0v) is 13.0. The molecule has 0 radical (unpaired) electrons. The third-order valence-corrected chi connectivity index (χ3v) is 4.33. The first-order chi connectivity index (χ1) is 10.2. The number of hydrogen-bond acceptors (Lipinski definition) is 2. The van der Waals surface area contributed by atoms with E-state index in [-0.39, 0.29) is 6.04 Å². The van der Waals surface area contributed by atoms with Gasteiger partial charge in [0.15, 0.2) is 0 Å². The van der Waals surface area contributed by atoms with E-state index in [1.165, 1.54) is 11.1 Å². The summed E-state index contributed by atoms with van der Waals surface area (Å²) in [6, 6.07) is 14.8. The lowest BCUT2D eigenvalue weighted by Crippen LogP contribution is -2.21. The third kappa shape index (κ3) is 3.39. The second kappa shape index (κ2) is 6.50. The quantitative estimate of drug-likeness (QED) is 0.895. The fourth-order valence-corrected chi connectivity index (χ4v) is 3.06. The van der Waals surface area contributed by atoms with Crippen molar-refractivity contribution >= 4 is 11.6 Å². The molecule has 0 saturated carbocycles. The van der Waals surface area contributed by atoms with Crippen molar-refractivity contribution in [1.82, 2.24) is 5.32 Å². The van der Waals surface area contributed by atoms with E-state index in [4.69, 9.17) is 16.3 Å². The summed E-state index contributed by atoms with van der Waals surface area (Å²) in [6.45, 7) is 3.91. The Morgan fingerprint density at radius 2 is 2.10 bits per heavy atom. The normalized spacial score (nSPS) is 14.6. The van der Waals surface area contributed by atoms with E-state index < -0.39 is 0 Å². The fourth-order valence-electron chi connectivity index (χ4n) is 2.76. The molecule has 0 amide bonds. The second-order valence-electron chi connectivity index (χ2n) is 5.49. The van der Waals surface area contributed by atoms with E-state index in [0.717, 1.165) is 42.3 Å². The van der Waals surface area contributed by atoms with Gasteiger partial charge in [-0.15, -0.1) is 0 Å². The average Bonchev–Trinajstić information content (AvgIpc) is 2.95. The Bertz CT molecular complexity index is 626. The molecule has 0 aromatic heterocycles. The summed E-state index contributed by atoms with van der Waals surface area (Å²) in [5.41, 5.74) is 3.85. The van der Waals surface area contributed by atoms with Crippen LogP contribution >= 0.6 is 11.6 Å². The topological polar surface area (TPSA) is 21.3 Å². The van der Waals surface area contributed by atoms with Crippen molar-refractivity contribution in [3.8, 4) is 5.75 Å². The molecule has 0 fully saturated rings. The summed E-state index contributed by atoms with van der Waals surface area (Å²) in [7, 11) is 0. The molecule has 1 aliphatic rings. The highest BCUT2D eigenvalue weighted by Gasteiger charge is 2.12. The van der Waals surface area contributed by atoms with Crippen LogP contribution in [0.5, 0.6) is 5.75 Å². The molecule has 2 aromatic rings. The molecule has 1 atom stereocenters. The molecule has 2 aromatic carbocycles. The van der Waals surface area contributed by atoms with Crippen LogP contribution < -0.4 is 10.1 Å². The summed E-state index contributed by atoms with van der Waals surface area (Å²) in [5, 5.41) is 4.37. The van der Waals surface area contributed by atoms with Gasteiger partial charge in [-0.1, -0.05) is 41.9 Å². The summed E-state index contributed by atoms with van der Waals surface area (Å²) in [4.78, 5) is 0. The third-order valence-electron chi connectivity index (χ3n) is 3.99. The van der Waals surface area contributed by atoms with Crippen molar-refractivity contribution in [3.05, 3.63) is 64.2 Å². The van der Waals surface area contributed by atoms with E-state index in [1.807, 2.05) is 18.2 Å². The predicted molar refractivity (Wildman–Crippen MR) is 87.2 cm³/mol. The number of hydrogen-bond donors (Lipinski definition) is 1. The average molecular weight is 302 g/mol. The van der Waals surface area contributed by atoms with Gasteiger partial charge in [0.25, 0.3) is 0 Å². The van der Waals surface area contributed by atoms with Gasteiger partial charge >= 0.3 is 0 Å². The molecule has 0 bridgehead atoms. The van der Waals surface area contributed by atoms with Crippen LogP contribution in [-0.2, 0) is 12.8 Å². The number of nitrogens with one attached hydrogen (secondary N) is 1. The Morgan fingerprint density at radius 3 is 2.95 bits per heavy atom. The molecule has 0 saturated heterocycles. The van der Waals surface area contributed by atoms with Crippen molar-refractivity contribution in [2.75, 3.05) is 13.2 Å². The van der Waals surface area contributed by atoms with E-state index in [0.29, 0.717) is 0 Å². The van der Waals surface area contributed by atoms with Crippen LogP contribution in [0, 0.1) is 0 Å². The summed E-state index contributed by atoms with van der Waals surface area (Å²) in [6.07, 6.45) is 2.05. The van der Waals surface area contributed by atoms with Crippen LogP contribution in [0.2, 0.25) is 5.02 Å². The number of rotatable bonds is 5. The minimum Gasteiger partial charge on any atom is -0.493 e. The summed E-state index contributed by atoms with van der Waals surface area (Å²) < 4.78 is 5.54. The van der Waals surface area contributed by atoms with Gasteiger partial charge < -0.3 is 10.1 Å². The molecule has 1 heterocycles. The lowest BCUT2D eigenvalue weighted by Gasteiger charge is -2.15. The lowest BCUT2D eigenvalue weighted by molar-refractivity contribution is 0.357. The molecular weight excluding hydrogens is 282 g/mol. The van der Waals surface area contributed by atoms with Crippen molar-refractivity contribution in [1.29, 1.82) is 0 Å². The smallest absolute Gasteiger partial charge is 0.122 e. The van der Waals surface area contributed by atoms with Gasteiger partial charge in [-0.3, -0.25) is 0 Å². The van der Waals surface area contributed by atoms with Gasteiger partial charge in [-0.2, -0.15) is 0 Å². The summed E-state index contributed by atoms with van der Waals surface area (Å²) in [5.74, 6) is 1.05. The maximum Gasteiger partial charge on any atom is 0.122 e. The Labute approximate surface area is 131 Å². The van der Waals surface area contributed by atoms with Gasteiger partial charge in [0.1, 0.15) is 5.75 Å². The van der Waals surface area contributed by atoms with Crippen molar-refractivity contribution in [3.63, 3.8) is 0 Å². The minimum absolute atomic E-state index is 0.261. The highest BCUT2D eigenvalue weighted by molar-refractivity contribution is 6.31. The van der Waals surface area contributed by atoms with Gasteiger partial charge in [-0.05, 0) is 48.7 Å². The van der Waals surface area contributed by atoms with Gasteiger partial charge in [0.2, 0.25) is 0 Å². The molecule has 0 aliphatic carbocycles. The largest absolute Gasteiger partial charge is 0.493 e. The van der Waals surface area contributed by atoms with Crippen LogP contribution in [-0.4, -0.2) is 13.2 Å². The molecule has 2 nitrogen and oxygen atoms in total. The van der Waals surface area contributed by atoms with E-state index in [9.17, 15) is 0 Å². The molecule has 3 rings (SSSR count). The molecule has 1 aliphatic heterocycles. The zero-order valence-electron chi connectivity index (χ0n) is 12.2. The number of fused-ring (bicyclic) bond motifs is 1. The Morgan fingerprint density at radius 1 is 1.24 bits per heavy atom. The maximum absolute atomic E-state index is 6.23. The molecule has 21 heavy (non-hydrogen) atoms. The van der Waals surface area contributed by atoms with Crippen molar-refractivity contribution in [2.24, 2.45) is 0 Å². The Kier molecular flexibility index (Phi) is 4.47. The molecule has 110 valence electrons. The highest BCUT2D eigenvalue weighted by atomic mass is 35.5. The molecule has 0 unspecified atom stereocenters. The van der Waals surface area contributed by atoms with Gasteiger partial charge in [0, 0.05) is 17.5 Å². The van der Waals surface area contributed by atoms with Crippen LogP contribution in [0.15, 0.2) is 42.5 Å². The first kappa shape index (κ1) is 14.4. The number of benzene rings is 2. The maximum atomic E-state index is 6.23. The summed E-state index contributed by atoms with van der Waals surface area (Å²) >= 11 is 6.23. The van der Waals surface area contributed by atoms with E-state index in [1.54, 1.807) is 0 Å². The number of halogens is 1. The van der Waals surface area contributed by atoms with E-state index in [2.05, 4.69) is 36.5 Å². The minimum atomic E-state index is 0.261. The lowest BCUT2D eigenvalue weighted by atomic mass is 10.1. The zero-order chi connectivity index (χ0) is 14.7. The predicted octanol–water partition coefficient (Wildman–Crippen LogP) is 4.17. The van der Waals surface area contributed by atoms with Gasteiger partial charge in [0.05, 0.1) is 6.61 Å². The van der Waals surface area contributed by atoms with Crippen LogP contribution in [0.3, 0.4) is 0 Å². The second-order valence-corrected chi connectivity index (χ2v) is 5.90. The monoisotopic (exact) mass is 301 g/mol. The first-order valence-corrected chi connectivity index (χ1v) is 7.84.